The van der Waals surface area contributed by atoms with E-state index >= 15 is 0 Å². The first-order valence-corrected chi connectivity index (χ1v) is 6.65. The van der Waals surface area contributed by atoms with E-state index in [1.54, 1.807) is 0 Å². The van der Waals surface area contributed by atoms with Gasteiger partial charge in [-0.3, -0.25) is 10.1 Å². The number of nitro benzene ring substituents is 1. The van der Waals surface area contributed by atoms with E-state index in [0.29, 0.717) is 12.0 Å². The maximum Gasteiger partial charge on any atom is 0.335 e. The van der Waals surface area contributed by atoms with Crippen molar-refractivity contribution in [1.82, 2.24) is 0 Å². The van der Waals surface area contributed by atoms with Gasteiger partial charge < -0.3 is 10.0 Å². The molecule has 0 atom stereocenters. The molecule has 2 aromatic carbocycles. The van der Waals surface area contributed by atoms with Gasteiger partial charge in [0.1, 0.15) is 0 Å². The van der Waals surface area contributed by atoms with Gasteiger partial charge in [-0.15, -0.1) is 0 Å². The van der Waals surface area contributed by atoms with Crippen LogP contribution >= 0.6 is 0 Å². The Balaban J connectivity index is 2.39. The maximum atomic E-state index is 11.2. The molecule has 0 fully saturated rings. The molecule has 22 heavy (non-hydrogen) atoms. The molecule has 0 radical (unpaired) electrons. The highest BCUT2D eigenvalue weighted by molar-refractivity contribution is 5.88. The number of hydrogen-bond acceptors (Lipinski definition) is 4. The SMILES string of the molecule is CN(C)c1cccc(Cc2ccc(C(=O)O)cc2[N+](=O)[O-])c1. The third-order valence-corrected chi connectivity index (χ3v) is 3.35. The van der Waals surface area contributed by atoms with Gasteiger partial charge in [-0.1, -0.05) is 18.2 Å². The minimum absolute atomic E-state index is 0.0857. The highest BCUT2D eigenvalue weighted by atomic mass is 16.6. The van der Waals surface area contributed by atoms with Crippen molar-refractivity contribution in [3.05, 3.63) is 69.3 Å². The molecule has 2 aromatic rings. The Kier molecular flexibility index (Phi) is 4.41. The van der Waals surface area contributed by atoms with Crippen molar-refractivity contribution < 1.29 is 14.8 Å². The van der Waals surface area contributed by atoms with Crippen LogP contribution in [0.25, 0.3) is 0 Å². The molecule has 0 aliphatic heterocycles. The molecule has 0 aliphatic rings. The summed E-state index contributed by atoms with van der Waals surface area (Å²) >= 11 is 0. The number of benzene rings is 2. The van der Waals surface area contributed by atoms with E-state index in [1.165, 1.54) is 12.1 Å². The van der Waals surface area contributed by atoms with Crippen LogP contribution in [0.3, 0.4) is 0 Å². The van der Waals surface area contributed by atoms with E-state index in [4.69, 9.17) is 5.11 Å². The van der Waals surface area contributed by atoms with Crippen LogP contribution in [0.2, 0.25) is 0 Å². The summed E-state index contributed by atoms with van der Waals surface area (Å²) in [6, 6.07) is 11.7. The van der Waals surface area contributed by atoms with Crippen molar-refractivity contribution in [1.29, 1.82) is 0 Å². The van der Waals surface area contributed by atoms with Gasteiger partial charge in [-0.25, -0.2) is 4.79 Å². The number of aromatic carboxylic acids is 1. The van der Waals surface area contributed by atoms with Gasteiger partial charge in [0.2, 0.25) is 0 Å². The molecule has 0 amide bonds. The van der Waals surface area contributed by atoms with Crippen LogP contribution in [-0.2, 0) is 6.42 Å². The molecule has 114 valence electrons. The van der Waals surface area contributed by atoms with Crippen LogP contribution in [0.15, 0.2) is 42.5 Å². The maximum absolute atomic E-state index is 11.2. The largest absolute Gasteiger partial charge is 0.478 e. The Labute approximate surface area is 127 Å². The van der Waals surface area contributed by atoms with Crippen molar-refractivity contribution in [2.45, 2.75) is 6.42 Å². The fourth-order valence-electron chi connectivity index (χ4n) is 2.18. The second kappa shape index (κ2) is 6.26. The van der Waals surface area contributed by atoms with Crippen LogP contribution in [0.5, 0.6) is 0 Å². The molecular formula is C16H16N2O4. The third-order valence-electron chi connectivity index (χ3n) is 3.35. The predicted octanol–water partition coefficient (Wildman–Crippen LogP) is 2.95. The van der Waals surface area contributed by atoms with E-state index in [0.717, 1.165) is 17.3 Å². The fourth-order valence-corrected chi connectivity index (χ4v) is 2.18. The number of anilines is 1. The molecule has 6 nitrogen and oxygen atoms in total. The summed E-state index contributed by atoms with van der Waals surface area (Å²) in [5.74, 6) is -1.18. The van der Waals surface area contributed by atoms with Crippen molar-refractivity contribution in [3.63, 3.8) is 0 Å². The van der Waals surface area contributed by atoms with E-state index < -0.39 is 10.9 Å². The molecule has 2 rings (SSSR count). The lowest BCUT2D eigenvalue weighted by Crippen LogP contribution is -2.08. The van der Waals surface area contributed by atoms with Crippen LogP contribution in [0.4, 0.5) is 11.4 Å². The Morgan fingerprint density at radius 3 is 2.55 bits per heavy atom. The number of carboxylic acid groups (broad SMARTS) is 1. The number of carboxylic acids is 1. The standard InChI is InChI=1S/C16H16N2O4/c1-17(2)14-5-3-4-11(9-14)8-12-6-7-13(16(19)20)10-15(12)18(21)22/h3-7,9-10H,8H2,1-2H3,(H,19,20). The third kappa shape index (κ3) is 3.41. The summed E-state index contributed by atoms with van der Waals surface area (Å²) in [5.41, 5.74) is 2.17. The Morgan fingerprint density at radius 1 is 1.23 bits per heavy atom. The van der Waals surface area contributed by atoms with E-state index in [-0.39, 0.29) is 11.3 Å². The summed E-state index contributed by atoms with van der Waals surface area (Å²) in [7, 11) is 3.84. The Morgan fingerprint density at radius 2 is 1.95 bits per heavy atom. The van der Waals surface area contributed by atoms with Gasteiger partial charge in [0.25, 0.3) is 5.69 Å². The molecule has 0 bridgehead atoms. The van der Waals surface area contributed by atoms with Gasteiger partial charge in [0.05, 0.1) is 10.5 Å². The molecule has 1 N–H and O–H groups in total. The quantitative estimate of drug-likeness (QED) is 0.678. The summed E-state index contributed by atoms with van der Waals surface area (Å²) in [6.07, 6.45) is 0.373. The highest BCUT2D eigenvalue weighted by Crippen LogP contribution is 2.24. The molecule has 6 heteroatoms. The average molecular weight is 300 g/mol. The molecule has 0 saturated heterocycles. The number of nitro groups is 1. The van der Waals surface area contributed by atoms with Crippen molar-refractivity contribution in [3.8, 4) is 0 Å². The second-order valence-electron chi connectivity index (χ2n) is 5.15. The molecule has 0 aromatic heterocycles. The van der Waals surface area contributed by atoms with Crippen molar-refractivity contribution in [2.75, 3.05) is 19.0 Å². The van der Waals surface area contributed by atoms with Crippen molar-refractivity contribution in [2.24, 2.45) is 0 Å². The Bertz CT molecular complexity index is 726. The molecule has 0 unspecified atom stereocenters. The molecule has 0 spiro atoms. The molecule has 0 heterocycles. The molecular weight excluding hydrogens is 284 g/mol. The normalized spacial score (nSPS) is 10.3. The zero-order valence-electron chi connectivity index (χ0n) is 12.3. The first kappa shape index (κ1) is 15.5. The van der Waals surface area contributed by atoms with Crippen LogP contribution in [-0.4, -0.2) is 30.1 Å². The highest BCUT2D eigenvalue weighted by Gasteiger charge is 2.17. The van der Waals surface area contributed by atoms with Crippen LogP contribution < -0.4 is 4.90 Å². The minimum atomic E-state index is -1.18. The second-order valence-corrected chi connectivity index (χ2v) is 5.15. The van der Waals surface area contributed by atoms with E-state index in [2.05, 4.69) is 0 Å². The van der Waals surface area contributed by atoms with Gasteiger partial charge >= 0.3 is 5.97 Å². The first-order valence-electron chi connectivity index (χ1n) is 6.65. The number of hydrogen-bond donors (Lipinski definition) is 1. The topological polar surface area (TPSA) is 83.7 Å². The first-order chi connectivity index (χ1) is 10.4. The number of rotatable bonds is 5. The lowest BCUT2D eigenvalue weighted by atomic mass is 10.0. The van der Waals surface area contributed by atoms with E-state index in [1.807, 2.05) is 43.3 Å². The summed E-state index contributed by atoms with van der Waals surface area (Å²) in [6.45, 7) is 0. The summed E-state index contributed by atoms with van der Waals surface area (Å²) < 4.78 is 0. The lowest BCUT2D eigenvalue weighted by Gasteiger charge is -2.13. The van der Waals surface area contributed by atoms with Crippen molar-refractivity contribution >= 4 is 17.3 Å². The summed E-state index contributed by atoms with van der Waals surface area (Å²) in [5, 5.41) is 20.1. The van der Waals surface area contributed by atoms with Crippen LogP contribution in [0, 0.1) is 10.1 Å². The van der Waals surface area contributed by atoms with E-state index in [9.17, 15) is 14.9 Å². The predicted molar refractivity (Wildman–Crippen MR) is 83.6 cm³/mol. The van der Waals surface area contributed by atoms with Crippen LogP contribution in [0.1, 0.15) is 21.5 Å². The molecule has 0 saturated carbocycles. The van der Waals surface area contributed by atoms with Gasteiger partial charge in [-0.05, 0) is 23.8 Å². The van der Waals surface area contributed by atoms with Gasteiger partial charge in [0, 0.05) is 37.8 Å². The smallest absolute Gasteiger partial charge is 0.335 e. The zero-order chi connectivity index (χ0) is 16.3. The lowest BCUT2D eigenvalue weighted by molar-refractivity contribution is -0.385. The fraction of sp³-hybridized carbons (Fsp3) is 0.188. The Hall–Kier alpha value is -2.89. The number of carbonyl (C=O) groups is 1. The zero-order valence-corrected chi connectivity index (χ0v) is 12.3. The summed E-state index contributed by atoms with van der Waals surface area (Å²) in [4.78, 5) is 23.5. The van der Waals surface area contributed by atoms with Gasteiger partial charge in [-0.2, -0.15) is 0 Å². The average Bonchev–Trinajstić information content (AvgIpc) is 2.47. The molecule has 0 aliphatic carbocycles. The number of nitrogens with zero attached hydrogens (tertiary/aromatic N) is 2. The minimum Gasteiger partial charge on any atom is -0.478 e. The monoisotopic (exact) mass is 300 g/mol. The van der Waals surface area contributed by atoms with Gasteiger partial charge in [0.15, 0.2) is 0 Å².